The highest BCUT2D eigenvalue weighted by Gasteiger charge is 2.68. The molecule has 5 nitrogen and oxygen atoms in total. The van der Waals surface area contributed by atoms with E-state index in [4.69, 9.17) is 18.9 Å². The van der Waals surface area contributed by atoms with Crippen LogP contribution >= 0.6 is 0 Å². The standard InChI is InChI=1S/C12H20O5/c1-11(2)15-8-9(16-11)12(17-10(8)14-3)5-4-7(12)6-13/h7-10,13H,4-6H2,1-3H3/t7-,8?,9-,10-,12-/m1/s1. The summed E-state index contributed by atoms with van der Waals surface area (Å²) in [5.74, 6) is -0.467. The quantitative estimate of drug-likeness (QED) is 0.773. The van der Waals surface area contributed by atoms with Gasteiger partial charge in [0.2, 0.25) is 0 Å². The number of ether oxygens (including phenoxy) is 4. The molecular formula is C12H20O5. The molecule has 3 rings (SSSR count). The third kappa shape index (κ3) is 1.50. The number of hydrogen-bond acceptors (Lipinski definition) is 5. The van der Waals surface area contributed by atoms with Crippen molar-refractivity contribution in [3.05, 3.63) is 0 Å². The average Bonchev–Trinajstić information content (AvgIpc) is 2.69. The number of hydrogen-bond donors (Lipinski definition) is 1. The van der Waals surface area contributed by atoms with Crippen LogP contribution in [0.1, 0.15) is 26.7 Å². The van der Waals surface area contributed by atoms with Crippen LogP contribution in [0.15, 0.2) is 0 Å². The fourth-order valence-corrected chi connectivity index (χ4v) is 3.31. The van der Waals surface area contributed by atoms with Gasteiger partial charge in [-0.3, -0.25) is 0 Å². The van der Waals surface area contributed by atoms with Gasteiger partial charge in [0.1, 0.15) is 17.8 Å². The van der Waals surface area contributed by atoms with E-state index in [9.17, 15) is 5.11 Å². The van der Waals surface area contributed by atoms with E-state index in [0.29, 0.717) is 0 Å². The van der Waals surface area contributed by atoms with Crippen molar-refractivity contribution in [3.8, 4) is 0 Å². The van der Waals surface area contributed by atoms with E-state index in [-0.39, 0.29) is 24.7 Å². The fraction of sp³-hybridized carbons (Fsp3) is 1.00. The fourth-order valence-electron chi connectivity index (χ4n) is 3.31. The molecule has 2 heterocycles. The zero-order valence-corrected chi connectivity index (χ0v) is 10.5. The topological polar surface area (TPSA) is 57.2 Å². The lowest BCUT2D eigenvalue weighted by molar-refractivity contribution is -0.282. The van der Waals surface area contributed by atoms with Gasteiger partial charge in [-0.05, 0) is 26.7 Å². The molecule has 98 valence electrons. The maximum absolute atomic E-state index is 9.40. The summed E-state index contributed by atoms with van der Waals surface area (Å²) in [5, 5.41) is 9.40. The first-order valence-electron chi connectivity index (χ1n) is 6.19. The van der Waals surface area contributed by atoms with Crippen molar-refractivity contribution in [1.29, 1.82) is 0 Å². The second-order valence-electron chi connectivity index (χ2n) is 5.62. The van der Waals surface area contributed by atoms with Crippen LogP contribution in [0, 0.1) is 5.92 Å². The molecule has 5 atom stereocenters. The molecular weight excluding hydrogens is 224 g/mol. The predicted octanol–water partition coefficient (Wildman–Crippen LogP) is 0.650. The summed E-state index contributed by atoms with van der Waals surface area (Å²) in [7, 11) is 1.61. The lowest BCUT2D eigenvalue weighted by atomic mass is 9.66. The third-order valence-electron chi connectivity index (χ3n) is 4.24. The van der Waals surface area contributed by atoms with Crippen LogP contribution < -0.4 is 0 Å². The van der Waals surface area contributed by atoms with Gasteiger partial charge in [0.15, 0.2) is 12.1 Å². The molecule has 1 N–H and O–H groups in total. The number of methoxy groups -OCH3 is 1. The molecule has 2 aliphatic heterocycles. The van der Waals surface area contributed by atoms with Gasteiger partial charge in [-0.2, -0.15) is 0 Å². The van der Waals surface area contributed by atoms with Crippen molar-refractivity contribution in [2.24, 2.45) is 5.92 Å². The minimum Gasteiger partial charge on any atom is -0.396 e. The summed E-state index contributed by atoms with van der Waals surface area (Å²) in [6.45, 7) is 3.93. The van der Waals surface area contributed by atoms with Crippen molar-refractivity contribution in [3.63, 3.8) is 0 Å². The third-order valence-corrected chi connectivity index (χ3v) is 4.24. The van der Waals surface area contributed by atoms with Gasteiger partial charge in [-0.1, -0.05) is 0 Å². The highest BCUT2D eigenvalue weighted by Crippen LogP contribution is 2.55. The Morgan fingerprint density at radius 2 is 2.06 bits per heavy atom. The van der Waals surface area contributed by atoms with Crippen LogP contribution in [0.5, 0.6) is 0 Å². The number of aliphatic hydroxyl groups is 1. The summed E-state index contributed by atoms with van der Waals surface area (Å²) in [6.07, 6.45) is 1.16. The highest BCUT2D eigenvalue weighted by molar-refractivity contribution is 5.13. The van der Waals surface area contributed by atoms with Crippen molar-refractivity contribution >= 4 is 0 Å². The smallest absolute Gasteiger partial charge is 0.186 e. The second kappa shape index (κ2) is 3.65. The van der Waals surface area contributed by atoms with Gasteiger partial charge in [0.05, 0.1) is 0 Å². The zero-order chi connectivity index (χ0) is 12.3. The molecule has 0 aromatic rings. The first kappa shape index (κ1) is 11.9. The Labute approximate surface area is 101 Å². The van der Waals surface area contributed by atoms with Crippen LogP contribution in [0.2, 0.25) is 0 Å². The zero-order valence-electron chi connectivity index (χ0n) is 10.5. The van der Waals surface area contributed by atoms with Gasteiger partial charge in [0, 0.05) is 19.6 Å². The van der Waals surface area contributed by atoms with Crippen LogP contribution in [-0.4, -0.2) is 48.7 Å². The molecule has 5 heteroatoms. The molecule has 0 aromatic carbocycles. The maximum atomic E-state index is 9.40. The van der Waals surface area contributed by atoms with E-state index in [1.807, 2.05) is 13.8 Å². The molecule has 1 saturated carbocycles. The monoisotopic (exact) mass is 244 g/mol. The van der Waals surface area contributed by atoms with Crippen molar-refractivity contribution < 1.29 is 24.1 Å². The van der Waals surface area contributed by atoms with Gasteiger partial charge < -0.3 is 24.1 Å². The van der Waals surface area contributed by atoms with E-state index in [1.165, 1.54) is 0 Å². The maximum Gasteiger partial charge on any atom is 0.186 e. The van der Waals surface area contributed by atoms with Gasteiger partial charge in [0.25, 0.3) is 0 Å². The second-order valence-corrected chi connectivity index (χ2v) is 5.62. The predicted molar refractivity (Wildman–Crippen MR) is 58.2 cm³/mol. The van der Waals surface area contributed by atoms with E-state index in [1.54, 1.807) is 7.11 Å². The molecule has 0 radical (unpaired) electrons. The van der Waals surface area contributed by atoms with Crippen LogP contribution in [-0.2, 0) is 18.9 Å². The molecule has 0 aromatic heterocycles. The number of fused-ring (bicyclic) bond motifs is 2. The molecule has 2 saturated heterocycles. The van der Waals surface area contributed by atoms with E-state index >= 15 is 0 Å². The molecule has 0 bridgehead atoms. The molecule has 1 unspecified atom stereocenters. The average molecular weight is 244 g/mol. The van der Waals surface area contributed by atoms with Crippen LogP contribution in [0.4, 0.5) is 0 Å². The normalized spacial score (nSPS) is 51.5. The summed E-state index contributed by atoms with van der Waals surface area (Å²) in [6, 6.07) is 0. The summed E-state index contributed by atoms with van der Waals surface area (Å²) in [5.41, 5.74) is -0.409. The highest BCUT2D eigenvalue weighted by atomic mass is 16.8. The summed E-state index contributed by atoms with van der Waals surface area (Å²) < 4.78 is 23.1. The molecule has 0 amide bonds. The minimum atomic E-state index is -0.599. The van der Waals surface area contributed by atoms with E-state index < -0.39 is 17.7 Å². The largest absolute Gasteiger partial charge is 0.396 e. The lowest BCUT2D eigenvalue weighted by Gasteiger charge is -2.48. The van der Waals surface area contributed by atoms with Crippen LogP contribution in [0.3, 0.4) is 0 Å². The van der Waals surface area contributed by atoms with Crippen LogP contribution in [0.25, 0.3) is 0 Å². The number of aliphatic hydroxyl groups excluding tert-OH is 1. The van der Waals surface area contributed by atoms with Crippen molar-refractivity contribution in [2.45, 2.75) is 56.6 Å². The Balaban J connectivity index is 1.88. The minimum absolute atomic E-state index is 0.128. The number of rotatable bonds is 2. The first-order valence-corrected chi connectivity index (χ1v) is 6.19. The molecule has 3 fully saturated rings. The van der Waals surface area contributed by atoms with Crippen molar-refractivity contribution in [2.75, 3.05) is 13.7 Å². The Kier molecular flexibility index (Phi) is 2.55. The molecule has 1 aliphatic carbocycles. The molecule has 3 aliphatic rings. The van der Waals surface area contributed by atoms with Gasteiger partial charge in [-0.15, -0.1) is 0 Å². The molecule has 1 spiro atoms. The first-order chi connectivity index (χ1) is 8.02. The summed E-state index contributed by atoms with van der Waals surface area (Å²) >= 11 is 0. The summed E-state index contributed by atoms with van der Waals surface area (Å²) in [4.78, 5) is 0. The van der Waals surface area contributed by atoms with Gasteiger partial charge >= 0.3 is 0 Å². The van der Waals surface area contributed by atoms with Crippen molar-refractivity contribution in [1.82, 2.24) is 0 Å². The van der Waals surface area contributed by atoms with E-state index in [0.717, 1.165) is 12.8 Å². The SMILES string of the molecule is CO[C@@H]1O[C@@]2(CC[C@@H]2CO)[C@@H]2OC(C)(C)OC12. The Morgan fingerprint density at radius 3 is 2.59 bits per heavy atom. The van der Waals surface area contributed by atoms with Gasteiger partial charge in [-0.25, -0.2) is 0 Å². The lowest BCUT2D eigenvalue weighted by Crippen LogP contribution is -2.57. The Hall–Kier alpha value is -0.200. The molecule has 17 heavy (non-hydrogen) atoms. The van der Waals surface area contributed by atoms with E-state index in [2.05, 4.69) is 0 Å². The Morgan fingerprint density at radius 1 is 1.29 bits per heavy atom. The Bertz CT molecular complexity index is 316.